The number of nitrogens with zero attached hydrogens (tertiary/aromatic N) is 1. The molecule has 0 amide bonds. The number of benzene rings is 1. The molecule has 0 spiro atoms. The van der Waals surface area contributed by atoms with E-state index >= 15 is 0 Å². The summed E-state index contributed by atoms with van der Waals surface area (Å²) < 4.78 is 5.60. The van der Waals surface area contributed by atoms with Crippen LogP contribution in [0.3, 0.4) is 0 Å². The van der Waals surface area contributed by atoms with E-state index in [9.17, 15) is 0 Å². The van der Waals surface area contributed by atoms with Crippen molar-refractivity contribution in [1.29, 1.82) is 0 Å². The first-order valence-corrected chi connectivity index (χ1v) is 5.61. The molecule has 0 unspecified atom stereocenters. The summed E-state index contributed by atoms with van der Waals surface area (Å²) >= 11 is 5.65. The van der Waals surface area contributed by atoms with Gasteiger partial charge in [0.15, 0.2) is 0 Å². The van der Waals surface area contributed by atoms with Crippen LogP contribution in [0.4, 0.5) is 0 Å². The van der Waals surface area contributed by atoms with Gasteiger partial charge in [0.1, 0.15) is 12.4 Å². The molecule has 0 saturated heterocycles. The maximum absolute atomic E-state index is 8.74. The molecule has 0 aromatic heterocycles. The summed E-state index contributed by atoms with van der Waals surface area (Å²) in [6.07, 6.45) is 3.85. The van der Waals surface area contributed by atoms with Crippen LogP contribution >= 0.6 is 11.6 Å². The largest absolute Gasteiger partial charge is 0.488 e. The molecule has 3 nitrogen and oxygen atoms in total. The van der Waals surface area contributed by atoms with Crippen LogP contribution in [0.1, 0.15) is 18.1 Å². The molecule has 1 N–H and O–H groups in total. The second kappa shape index (κ2) is 5.06. The van der Waals surface area contributed by atoms with Crippen molar-refractivity contribution < 1.29 is 9.94 Å². The summed E-state index contributed by atoms with van der Waals surface area (Å²) in [5.41, 5.74) is 4.79. The maximum Gasteiger partial charge on any atom is 0.127 e. The molecule has 0 fully saturated rings. The van der Waals surface area contributed by atoms with Gasteiger partial charge in [0.25, 0.3) is 0 Å². The standard InChI is InChI=1S/C13H12ClNO2/c1-9(15-16)11-4-5-13-12(6-11)3-2-10(7-14)8-17-13/h2-7,16H,8H2,1H3/b10-7-,15-9+. The molecule has 1 aromatic rings. The van der Waals surface area contributed by atoms with Crippen LogP contribution in [-0.2, 0) is 0 Å². The summed E-state index contributed by atoms with van der Waals surface area (Å²) in [6, 6.07) is 5.63. The maximum atomic E-state index is 8.74. The summed E-state index contributed by atoms with van der Waals surface area (Å²) in [5, 5.41) is 11.9. The quantitative estimate of drug-likeness (QED) is 0.471. The Morgan fingerprint density at radius 2 is 2.29 bits per heavy atom. The lowest BCUT2D eigenvalue weighted by atomic mass is 10.1. The Hall–Kier alpha value is -1.74. The lowest BCUT2D eigenvalue weighted by molar-refractivity contribution is 0.319. The fourth-order valence-corrected chi connectivity index (χ4v) is 1.70. The zero-order valence-corrected chi connectivity index (χ0v) is 10.1. The second-order valence-corrected chi connectivity index (χ2v) is 3.96. The fraction of sp³-hybridized carbons (Fsp3) is 0.154. The predicted molar refractivity (Wildman–Crippen MR) is 68.9 cm³/mol. The van der Waals surface area contributed by atoms with Crippen molar-refractivity contribution in [3.63, 3.8) is 0 Å². The molecule has 0 atom stereocenters. The molecular formula is C13H12ClNO2. The number of hydrogen-bond acceptors (Lipinski definition) is 3. The van der Waals surface area contributed by atoms with Crippen molar-refractivity contribution in [1.82, 2.24) is 0 Å². The lowest BCUT2D eigenvalue weighted by Gasteiger charge is -2.08. The van der Waals surface area contributed by atoms with Crippen LogP contribution < -0.4 is 4.74 Å². The minimum atomic E-state index is 0.458. The second-order valence-electron chi connectivity index (χ2n) is 3.74. The highest BCUT2D eigenvalue weighted by Gasteiger charge is 2.09. The molecule has 4 heteroatoms. The summed E-state index contributed by atoms with van der Waals surface area (Å²) in [7, 11) is 0. The average Bonchev–Trinajstić information content (AvgIpc) is 2.59. The van der Waals surface area contributed by atoms with Crippen LogP contribution in [0, 0.1) is 0 Å². The summed E-state index contributed by atoms with van der Waals surface area (Å²) in [6.45, 7) is 2.20. The van der Waals surface area contributed by atoms with E-state index in [2.05, 4.69) is 5.16 Å². The Kier molecular flexibility index (Phi) is 3.49. The van der Waals surface area contributed by atoms with Crippen LogP contribution in [0.2, 0.25) is 0 Å². The number of oxime groups is 1. The first kappa shape index (κ1) is 11.7. The molecule has 0 radical (unpaired) electrons. The normalized spacial score (nSPS) is 17.5. The third-order valence-electron chi connectivity index (χ3n) is 2.59. The average molecular weight is 250 g/mol. The lowest BCUT2D eigenvalue weighted by Crippen LogP contribution is -1.99. The molecule has 2 rings (SSSR count). The van der Waals surface area contributed by atoms with E-state index in [4.69, 9.17) is 21.5 Å². The van der Waals surface area contributed by atoms with E-state index in [0.717, 1.165) is 22.4 Å². The van der Waals surface area contributed by atoms with Gasteiger partial charge in [-0.2, -0.15) is 0 Å². The van der Waals surface area contributed by atoms with Crippen LogP contribution in [0.15, 0.2) is 40.5 Å². The molecule has 17 heavy (non-hydrogen) atoms. The Morgan fingerprint density at radius 1 is 1.47 bits per heavy atom. The highest BCUT2D eigenvalue weighted by Crippen LogP contribution is 2.26. The third-order valence-corrected chi connectivity index (χ3v) is 2.87. The molecule has 0 bridgehead atoms. The predicted octanol–water partition coefficient (Wildman–Crippen LogP) is 3.41. The molecular weight excluding hydrogens is 238 g/mol. The van der Waals surface area contributed by atoms with Gasteiger partial charge in [-0.05, 0) is 30.7 Å². The van der Waals surface area contributed by atoms with Crippen molar-refractivity contribution in [2.24, 2.45) is 5.16 Å². The van der Waals surface area contributed by atoms with Crippen molar-refractivity contribution in [3.05, 3.63) is 46.5 Å². The van der Waals surface area contributed by atoms with E-state index in [1.165, 1.54) is 5.54 Å². The van der Waals surface area contributed by atoms with Gasteiger partial charge >= 0.3 is 0 Å². The minimum absolute atomic E-state index is 0.458. The van der Waals surface area contributed by atoms with Gasteiger partial charge in [-0.3, -0.25) is 0 Å². The van der Waals surface area contributed by atoms with Gasteiger partial charge in [0.05, 0.1) is 5.71 Å². The summed E-state index contributed by atoms with van der Waals surface area (Å²) in [4.78, 5) is 0. The first-order valence-electron chi connectivity index (χ1n) is 5.18. The van der Waals surface area contributed by atoms with Crippen molar-refractivity contribution in [2.75, 3.05) is 6.61 Å². The van der Waals surface area contributed by atoms with Crippen LogP contribution in [0.25, 0.3) is 6.08 Å². The first-order chi connectivity index (χ1) is 8.24. The molecule has 1 aliphatic heterocycles. The molecule has 1 aromatic carbocycles. The Bertz CT molecular complexity index is 518. The van der Waals surface area contributed by atoms with Crippen molar-refractivity contribution >= 4 is 23.4 Å². The van der Waals surface area contributed by atoms with Crippen LogP contribution in [-0.4, -0.2) is 17.5 Å². The molecule has 0 aliphatic carbocycles. The highest BCUT2D eigenvalue weighted by molar-refractivity contribution is 6.25. The number of fused-ring (bicyclic) bond motifs is 1. The van der Waals surface area contributed by atoms with Gasteiger partial charge in [-0.1, -0.05) is 28.9 Å². The minimum Gasteiger partial charge on any atom is -0.488 e. The third kappa shape index (κ3) is 2.50. The Labute approximate surface area is 105 Å². The zero-order valence-electron chi connectivity index (χ0n) is 9.35. The monoisotopic (exact) mass is 249 g/mol. The number of ether oxygens (including phenoxy) is 1. The van der Waals surface area contributed by atoms with Crippen molar-refractivity contribution in [2.45, 2.75) is 6.92 Å². The topological polar surface area (TPSA) is 41.8 Å². The Balaban J connectivity index is 2.42. The number of hydrogen-bond donors (Lipinski definition) is 1. The van der Waals surface area contributed by atoms with Crippen molar-refractivity contribution in [3.8, 4) is 5.75 Å². The molecule has 1 heterocycles. The summed E-state index contributed by atoms with van der Waals surface area (Å²) in [5.74, 6) is 0.796. The van der Waals surface area contributed by atoms with Crippen LogP contribution in [0.5, 0.6) is 5.75 Å². The number of rotatable bonds is 1. The SMILES string of the molecule is C/C(=N\O)c1ccc2c(c1)C=C/C(=C/Cl)CO2. The molecule has 88 valence electrons. The van der Waals surface area contributed by atoms with E-state index in [0.29, 0.717) is 12.3 Å². The highest BCUT2D eigenvalue weighted by atomic mass is 35.5. The van der Waals surface area contributed by atoms with Gasteiger partial charge < -0.3 is 9.94 Å². The van der Waals surface area contributed by atoms with E-state index in [1.807, 2.05) is 30.4 Å². The number of halogens is 1. The van der Waals surface area contributed by atoms with Gasteiger partial charge in [-0.25, -0.2) is 0 Å². The van der Waals surface area contributed by atoms with E-state index < -0.39 is 0 Å². The fourth-order valence-electron chi connectivity index (χ4n) is 1.57. The molecule has 0 saturated carbocycles. The zero-order chi connectivity index (χ0) is 12.3. The van der Waals surface area contributed by atoms with Gasteiger partial charge in [0, 0.05) is 16.7 Å². The smallest absolute Gasteiger partial charge is 0.127 e. The van der Waals surface area contributed by atoms with E-state index in [1.54, 1.807) is 6.92 Å². The van der Waals surface area contributed by atoms with Gasteiger partial charge in [0.2, 0.25) is 0 Å². The Morgan fingerprint density at radius 3 is 3.00 bits per heavy atom. The van der Waals surface area contributed by atoms with Gasteiger partial charge in [-0.15, -0.1) is 0 Å². The molecule has 1 aliphatic rings. The van der Waals surface area contributed by atoms with E-state index in [-0.39, 0.29) is 0 Å².